The highest BCUT2D eigenvalue weighted by Crippen LogP contribution is 2.20. The number of hydrogen-bond acceptors (Lipinski definition) is 3. The van der Waals surface area contributed by atoms with E-state index in [1.54, 1.807) is 13.1 Å². The maximum absolute atomic E-state index is 6.22. The number of rotatable bonds is 7. The fourth-order valence-corrected chi connectivity index (χ4v) is 3.54. The lowest BCUT2D eigenvalue weighted by Crippen LogP contribution is -2.36. The van der Waals surface area contributed by atoms with Gasteiger partial charge in [-0.25, -0.2) is 0 Å². The van der Waals surface area contributed by atoms with Crippen LogP contribution >= 0.6 is 47.2 Å². The minimum absolute atomic E-state index is 0. The van der Waals surface area contributed by atoms with Crippen molar-refractivity contribution in [2.45, 2.75) is 38.6 Å². The Bertz CT molecular complexity index is 813. The van der Waals surface area contributed by atoms with Crippen molar-refractivity contribution in [3.05, 3.63) is 69.2 Å². The first-order valence-electron chi connectivity index (χ1n) is 9.79. The van der Waals surface area contributed by atoms with Crippen LogP contribution in [0, 0.1) is 0 Å². The maximum atomic E-state index is 6.22. The van der Waals surface area contributed by atoms with Gasteiger partial charge in [-0.3, -0.25) is 4.99 Å². The molecule has 5 nitrogen and oxygen atoms in total. The first-order valence-corrected chi connectivity index (χ1v) is 10.6. The normalized spacial score (nSPS) is 14.8. The van der Waals surface area contributed by atoms with Crippen LogP contribution in [0.25, 0.3) is 0 Å². The second-order valence-electron chi connectivity index (χ2n) is 6.95. The average molecular weight is 564 g/mol. The van der Waals surface area contributed by atoms with E-state index >= 15 is 0 Å². The Balaban J connectivity index is 0.00000320. The molecular weight excluding hydrogens is 536 g/mol. The van der Waals surface area contributed by atoms with Crippen molar-refractivity contribution in [1.29, 1.82) is 0 Å². The van der Waals surface area contributed by atoms with E-state index in [-0.39, 0.29) is 24.0 Å². The number of benzene rings is 2. The molecular formula is C22H28Cl2IN3O2. The zero-order chi connectivity index (χ0) is 20.5. The van der Waals surface area contributed by atoms with E-state index in [4.69, 9.17) is 32.7 Å². The summed E-state index contributed by atoms with van der Waals surface area (Å²) in [7, 11) is 1.75. The number of hydrogen-bond donors (Lipinski definition) is 2. The fourth-order valence-electron chi connectivity index (χ4n) is 3.06. The molecule has 0 aliphatic carbocycles. The van der Waals surface area contributed by atoms with Crippen LogP contribution in [0.3, 0.4) is 0 Å². The smallest absolute Gasteiger partial charge is 0.191 e. The molecule has 30 heavy (non-hydrogen) atoms. The third kappa shape index (κ3) is 8.23. The second kappa shape index (κ2) is 13.4. The lowest BCUT2D eigenvalue weighted by atomic mass is 10.1. The van der Waals surface area contributed by atoms with Gasteiger partial charge in [0.1, 0.15) is 0 Å². The van der Waals surface area contributed by atoms with Crippen LogP contribution in [0.1, 0.15) is 29.5 Å². The lowest BCUT2D eigenvalue weighted by molar-refractivity contribution is -0.0390. The summed E-state index contributed by atoms with van der Waals surface area (Å²) in [6, 6.07) is 13.9. The molecule has 1 aliphatic heterocycles. The predicted octanol–water partition coefficient (Wildman–Crippen LogP) is 5.17. The molecule has 0 radical (unpaired) electrons. The highest BCUT2D eigenvalue weighted by Gasteiger charge is 2.13. The number of nitrogens with zero attached hydrogens (tertiary/aromatic N) is 1. The van der Waals surface area contributed by atoms with Gasteiger partial charge in [0.25, 0.3) is 0 Å². The first kappa shape index (κ1) is 25.2. The van der Waals surface area contributed by atoms with Crippen molar-refractivity contribution in [2.24, 2.45) is 4.99 Å². The molecule has 0 atom stereocenters. The van der Waals surface area contributed by atoms with Gasteiger partial charge in [-0.2, -0.15) is 0 Å². The SMILES string of the molecule is CN=C(NCc1ccc(COC2CCOCC2)cc1)NCc1ccc(Cl)cc1Cl.I. The van der Waals surface area contributed by atoms with E-state index in [0.717, 1.165) is 31.6 Å². The van der Waals surface area contributed by atoms with Gasteiger partial charge < -0.3 is 20.1 Å². The molecule has 1 heterocycles. The highest BCUT2D eigenvalue weighted by atomic mass is 127. The molecule has 0 spiro atoms. The van der Waals surface area contributed by atoms with E-state index in [9.17, 15) is 0 Å². The predicted molar refractivity (Wildman–Crippen MR) is 134 cm³/mol. The van der Waals surface area contributed by atoms with E-state index in [1.807, 2.05) is 12.1 Å². The lowest BCUT2D eigenvalue weighted by Gasteiger charge is -2.22. The van der Waals surface area contributed by atoms with Crippen molar-refractivity contribution in [3.8, 4) is 0 Å². The third-order valence-electron chi connectivity index (χ3n) is 4.82. The summed E-state index contributed by atoms with van der Waals surface area (Å²) in [5.74, 6) is 0.711. The fraction of sp³-hybridized carbons (Fsp3) is 0.409. The summed E-state index contributed by atoms with van der Waals surface area (Å²) >= 11 is 12.2. The van der Waals surface area contributed by atoms with Crippen molar-refractivity contribution in [3.63, 3.8) is 0 Å². The largest absolute Gasteiger partial charge is 0.381 e. The molecule has 0 unspecified atom stereocenters. The zero-order valence-corrected chi connectivity index (χ0v) is 20.8. The number of halogens is 3. The summed E-state index contributed by atoms with van der Waals surface area (Å²) in [5, 5.41) is 7.85. The summed E-state index contributed by atoms with van der Waals surface area (Å²) in [5.41, 5.74) is 3.32. The summed E-state index contributed by atoms with van der Waals surface area (Å²) in [6.45, 7) is 3.49. The standard InChI is InChI=1S/C22H27Cl2N3O2.HI/c1-25-22(27-14-18-6-7-19(23)12-21(18)24)26-13-16-2-4-17(5-3-16)15-29-20-8-10-28-11-9-20;/h2-7,12,20H,8-11,13-15H2,1H3,(H2,25,26,27);1H. The van der Waals surface area contributed by atoms with Crippen molar-refractivity contribution >= 4 is 53.1 Å². The summed E-state index contributed by atoms with van der Waals surface area (Å²) < 4.78 is 11.3. The van der Waals surface area contributed by atoms with Gasteiger partial charge >= 0.3 is 0 Å². The molecule has 1 saturated heterocycles. The molecule has 3 rings (SSSR count). The number of ether oxygens (including phenoxy) is 2. The molecule has 2 N–H and O–H groups in total. The van der Waals surface area contributed by atoms with Gasteiger partial charge in [0.2, 0.25) is 0 Å². The second-order valence-corrected chi connectivity index (χ2v) is 7.80. The van der Waals surface area contributed by atoms with Crippen LogP contribution in [0.4, 0.5) is 0 Å². The third-order valence-corrected chi connectivity index (χ3v) is 5.41. The zero-order valence-electron chi connectivity index (χ0n) is 17.0. The van der Waals surface area contributed by atoms with Crippen LogP contribution in [-0.4, -0.2) is 32.3 Å². The topological polar surface area (TPSA) is 54.9 Å². The van der Waals surface area contributed by atoms with Gasteiger partial charge in [0.15, 0.2) is 5.96 Å². The molecule has 0 bridgehead atoms. The Hall–Kier alpha value is -1.06. The molecule has 0 aromatic heterocycles. The molecule has 2 aromatic rings. The van der Waals surface area contributed by atoms with Crippen molar-refractivity contribution < 1.29 is 9.47 Å². The number of nitrogens with one attached hydrogen (secondary N) is 2. The van der Waals surface area contributed by atoms with Crippen molar-refractivity contribution in [1.82, 2.24) is 10.6 Å². The number of guanidine groups is 1. The summed E-state index contributed by atoms with van der Waals surface area (Å²) in [4.78, 5) is 4.26. The highest BCUT2D eigenvalue weighted by molar-refractivity contribution is 14.0. The average Bonchev–Trinajstić information content (AvgIpc) is 2.75. The van der Waals surface area contributed by atoms with Crippen LogP contribution in [0.2, 0.25) is 10.0 Å². The molecule has 1 fully saturated rings. The van der Waals surface area contributed by atoms with Gasteiger partial charge in [0.05, 0.1) is 12.7 Å². The molecule has 0 amide bonds. The minimum Gasteiger partial charge on any atom is -0.381 e. The Morgan fingerprint density at radius 3 is 2.37 bits per heavy atom. The molecule has 164 valence electrons. The van der Waals surface area contributed by atoms with E-state index in [0.29, 0.717) is 41.8 Å². The summed E-state index contributed by atoms with van der Waals surface area (Å²) in [6.07, 6.45) is 2.28. The quantitative estimate of drug-likeness (QED) is 0.277. The van der Waals surface area contributed by atoms with Gasteiger partial charge in [-0.05, 0) is 41.7 Å². The van der Waals surface area contributed by atoms with E-state index < -0.39 is 0 Å². The molecule has 0 saturated carbocycles. The molecule has 8 heteroatoms. The Morgan fingerprint density at radius 1 is 1.03 bits per heavy atom. The van der Waals surface area contributed by atoms with E-state index in [1.165, 1.54) is 11.1 Å². The van der Waals surface area contributed by atoms with Gasteiger partial charge in [-0.1, -0.05) is 53.5 Å². The van der Waals surface area contributed by atoms with E-state index in [2.05, 4.69) is 39.9 Å². The van der Waals surface area contributed by atoms with Gasteiger partial charge in [0, 0.05) is 43.4 Å². The van der Waals surface area contributed by atoms with Crippen LogP contribution < -0.4 is 10.6 Å². The first-order chi connectivity index (χ1) is 14.1. The monoisotopic (exact) mass is 563 g/mol. The van der Waals surface area contributed by atoms with Crippen molar-refractivity contribution in [2.75, 3.05) is 20.3 Å². The molecule has 2 aromatic carbocycles. The van der Waals surface area contributed by atoms with Crippen LogP contribution in [-0.2, 0) is 29.2 Å². The Morgan fingerprint density at radius 2 is 1.70 bits per heavy atom. The van der Waals surface area contributed by atoms with Crippen LogP contribution in [0.5, 0.6) is 0 Å². The maximum Gasteiger partial charge on any atom is 0.191 e. The molecule has 1 aliphatic rings. The minimum atomic E-state index is 0. The Kier molecular flexibility index (Phi) is 11.2. The van der Waals surface area contributed by atoms with Gasteiger partial charge in [-0.15, -0.1) is 24.0 Å². The number of aliphatic imine (C=N–C) groups is 1. The Labute approximate surface area is 205 Å². The van der Waals surface area contributed by atoms with Crippen LogP contribution in [0.15, 0.2) is 47.5 Å².